The van der Waals surface area contributed by atoms with Crippen molar-refractivity contribution >= 4 is 29.1 Å². The molecule has 0 aliphatic carbocycles. The number of hydrogen-bond acceptors (Lipinski definition) is 5. The molecular weight excluding hydrogens is 242 g/mol. The van der Waals surface area contributed by atoms with Gasteiger partial charge in [0.25, 0.3) is 5.91 Å². The lowest BCUT2D eigenvalue weighted by Crippen LogP contribution is -2.17. The number of halogens is 1. The van der Waals surface area contributed by atoms with Gasteiger partial charge in [-0.25, -0.2) is 15.0 Å². The highest BCUT2D eigenvalue weighted by Gasteiger charge is 2.12. The number of anilines is 2. The average Bonchev–Trinajstić information content (AvgIpc) is 2.29. The Labute approximate surface area is 102 Å². The first-order chi connectivity index (χ1) is 8.16. The highest BCUT2D eigenvalue weighted by Crippen LogP contribution is 2.10. The van der Waals surface area contributed by atoms with Crippen molar-refractivity contribution in [2.45, 2.75) is 0 Å². The summed E-state index contributed by atoms with van der Waals surface area (Å²) >= 11 is 5.66. The minimum absolute atomic E-state index is 0.104. The summed E-state index contributed by atoms with van der Waals surface area (Å²) < 4.78 is 0. The smallest absolute Gasteiger partial charge is 0.278 e. The van der Waals surface area contributed by atoms with Crippen LogP contribution < -0.4 is 11.1 Å². The number of rotatable bonds is 2. The van der Waals surface area contributed by atoms with E-state index in [-0.39, 0.29) is 22.5 Å². The summed E-state index contributed by atoms with van der Waals surface area (Å²) in [6.45, 7) is 0. The van der Waals surface area contributed by atoms with E-state index in [1.807, 2.05) is 0 Å². The van der Waals surface area contributed by atoms with Gasteiger partial charge in [-0.2, -0.15) is 0 Å². The van der Waals surface area contributed by atoms with Crippen LogP contribution in [0.5, 0.6) is 0 Å². The first-order valence-corrected chi connectivity index (χ1v) is 5.05. The molecule has 2 heterocycles. The molecule has 0 bridgehead atoms. The van der Waals surface area contributed by atoms with Crippen LogP contribution >= 0.6 is 11.6 Å². The van der Waals surface area contributed by atoms with E-state index in [2.05, 4.69) is 20.3 Å². The molecule has 0 spiro atoms. The van der Waals surface area contributed by atoms with Gasteiger partial charge in [0.2, 0.25) is 5.95 Å². The van der Waals surface area contributed by atoms with Gasteiger partial charge in [-0.3, -0.25) is 10.1 Å². The maximum Gasteiger partial charge on any atom is 0.278 e. The number of pyridine rings is 1. The Balaban J connectivity index is 2.20. The minimum Gasteiger partial charge on any atom is -0.397 e. The van der Waals surface area contributed by atoms with Crippen molar-refractivity contribution in [2.75, 3.05) is 11.1 Å². The minimum atomic E-state index is -0.481. The largest absolute Gasteiger partial charge is 0.397 e. The van der Waals surface area contributed by atoms with Crippen molar-refractivity contribution in [1.29, 1.82) is 0 Å². The van der Waals surface area contributed by atoms with Gasteiger partial charge in [-0.05, 0) is 18.2 Å². The van der Waals surface area contributed by atoms with Crippen LogP contribution in [0, 0.1) is 0 Å². The van der Waals surface area contributed by atoms with Crippen molar-refractivity contribution in [3.8, 4) is 0 Å². The molecule has 0 saturated carbocycles. The lowest BCUT2D eigenvalue weighted by molar-refractivity contribution is 0.102. The molecule has 0 saturated heterocycles. The van der Waals surface area contributed by atoms with Gasteiger partial charge in [-0.1, -0.05) is 11.6 Å². The molecule has 0 aliphatic heterocycles. The fourth-order valence-electron chi connectivity index (χ4n) is 1.17. The summed E-state index contributed by atoms with van der Waals surface area (Å²) in [5.41, 5.74) is 6.02. The first kappa shape index (κ1) is 11.3. The maximum absolute atomic E-state index is 11.8. The van der Waals surface area contributed by atoms with Crippen molar-refractivity contribution in [3.05, 3.63) is 41.4 Å². The quantitative estimate of drug-likeness (QED) is 0.784. The lowest BCUT2D eigenvalue weighted by atomic mass is 10.3. The van der Waals surface area contributed by atoms with Crippen molar-refractivity contribution in [2.24, 2.45) is 0 Å². The number of carbonyl (C=O) groups is 1. The molecule has 6 nitrogen and oxygen atoms in total. The van der Waals surface area contributed by atoms with Gasteiger partial charge in [0.05, 0.1) is 5.69 Å². The number of hydrogen-bond donors (Lipinski definition) is 2. The molecule has 0 aliphatic rings. The summed E-state index contributed by atoms with van der Waals surface area (Å²) in [7, 11) is 0. The van der Waals surface area contributed by atoms with Crippen LogP contribution in [0.1, 0.15) is 10.5 Å². The molecule has 86 valence electrons. The topological polar surface area (TPSA) is 93.8 Å². The third-order valence-electron chi connectivity index (χ3n) is 1.90. The van der Waals surface area contributed by atoms with Crippen LogP contribution in [0.4, 0.5) is 11.6 Å². The van der Waals surface area contributed by atoms with Crippen LogP contribution in [0.3, 0.4) is 0 Å². The summed E-state index contributed by atoms with van der Waals surface area (Å²) in [6.07, 6.45) is 2.91. The van der Waals surface area contributed by atoms with E-state index in [1.54, 1.807) is 12.1 Å². The molecule has 2 aromatic rings. The molecule has 3 N–H and O–H groups in total. The summed E-state index contributed by atoms with van der Waals surface area (Å²) in [5.74, 6) is -0.377. The molecular formula is C10H8ClN5O. The Kier molecular flexibility index (Phi) is 3.15. The van der Waals surface area contributed by atoms with Crippen LogP contribution in [-0.2, 0) is 0 Å². The molecule has 0 radical (unpaired) electrons. The van der Waals surface area contributed by atoms with Crippen molar-refractivity contribution in [3.63, 3.8) is 0 Å². The van der Waals surface area contributed by atoms with Crippen molar-refractivity contribution < 1.29 is 4.79 Å². The molecule has 7 heteroatoms. The van der Waals surface area contributed by atoms with Gasteiger partial charge in [0, 0.05) is 12.4 Å². The molecule has 0 aromatic carbocycles. The Morgan fingerprint density at radius 2 is 2.12 bits per heavy atom. The van der Waals surface area contributed by atoms with Gasteiger partial charge in [0.15, 0.2) is 5.69 Å². The summed E-state index contributed by atoms with van der Waals surface area (Å²) in [5, 5.41) is 2.69. The van der Waals surface area contributed by atoms with E-state index in [0.29, 0.717) is 0 Å². The maximum atomic E-state index is 11.8. The fraction of sp³-hybridized carbons (Fsp3) is 0. The zero-order valence-electron chi connectivity index (χ0n) is 8.59. The molecule has 2 aromatic heterocycles. The van der Waals surface area contributed by atoms with Gasteiger partial charge in [0.1, 0.15) is 5.15 Å². The lowest BCUT2D eigenvalue weighted by Gasteiger charge is -2.04. The molecule has 1 amide bonds. The SMILES string of the molecule is Nc1cccnc1C(=O)Nc1nccc(Cl)n1. The predicted octanol–water partition coefficient (Wildman–Crippen LogP) is 1.36. The molecule has 0 atom stereocenters. The van der Waals surface area contributed by atoms with E-state index in [0.717, 1.165) is 0 Å². The van der Waals surface area contributed by atoms with E-state index in [4.69, 9.17) is 17.3 Å². The number of nitrogens with two attached hydrogens (primary N) is 1. The standard InChI is InChI=1S/C10H8ClN5O/c11-7-3-5-14-10(15-7)16-9(17)8-6(12)2-1-4-13-8/h1-5H,12H2,(H,14,15,16,17). The first-order valence-electron chi connectivity index (χ1n) is 4.67. The summed E-state index contributed by atoms with van der Waals surface area (Å²) in [6, 6.07) is 4.73. The second-order valence-corrected chi connectivity index (χ2v) is 3.49. The highest BCUT2D eigenvalue weighted by molar-refractivity contribution is 6.29. The monoisotopic (exact) mass is 249 g/mol. The number of nitrogens with zero attached hydrogens (tertiary/aromatic N) is 3. The average molecular weight is 250 g/mol. The fourth-order valence-corrected chi connectivity index (χ4v) is 1.30. The Morgan fingerprint density at radius 3 is 2.82 bits per heavy atom. The Hall–Kier alpha value is -2.21. The van der Waals surface area contributed by atoms with E-state index in [9.17, 15) is 4.79 Å². The molecule has 17 heavy (non-hydrogen) atoms. The van der Waals surface area contributed by atoms with Gasteiger partial charge < -0.3 is 5.73 Å². The second-order valence-electron chi connectivity index (χ2n) is 3.10. The van der Waals surface area contributed by atoms with Crippen LogP contribution in [-0.4, -0.2) is 20.9 Å². The normalized spacial score (nSPS) is 9.94. The van der Waals surface area contributed by atoms with E-state index < -0.39 is 5.91 Å². The van der Waals surface area contributed by atoms with Crippen LogP contribution in [0.2, 0.25) is 5.15 Å². The van der Waals surface area contributed by atoms with Crippen molar-refractivity contribution in [1.82, 2.24) is 15.0 Å². The number of carbonyl (C=O) groups excluding carboxylic acids is 1. The predicted molar refractivity (Wildman–Crippen MR) is 63.6 cm³/mol. The molecule has 0 fully saturated rings. The third-order valence-corrected chi connectivity index (χ3v) is 2.11. The van der Waals surface area contributed by atoms with Crippen LogP contribution in [0.25, 0.3) is 0 Å². The van der Waals surface area contributed by atoms with Gasteiger partial charge >= 0.3 is 0 Å². The van der Waals surface area contributed by atoms with Gasteiger partial charge in [-0.15, -0.1) is 0 Å². The number of amides is 1. The Morgan fingerprint density at radius 1 is 1.29 bits per heavy atom. The molecule has 2 rings (SSSR count). The highest BCUT2D eigenvalue weighted by atomic mass is 35.5. The second kappa shape index (κ2) is 4.75. The number of nitrogen functional groups attached to an aromatic ring is 1. The zero-order valence-corrected chi connectivity index (χ0v) is 9.35. The number of nitrogens with one attached hydrogen (secondary N) is 1. The summed E-state index contributed by atoms with van der Waals surface area (Å²) in [4.78, 5) is 23.3. The van der Waals surface area contributed by atoms with E-state index >= 15 is 0 Å². The number of aromatic nitrogens is 3. The molecule has 0 unspecified atom stereocenters. The zero-order chi connectivity index (χ0) is 12.3. The third kappa shape index (κ3) is 2.67. The van der Waals surface area contributed by atoms with Crippen LogP contribution in [0.15, 0.2) is 30.6 Å². The van der Waals surface area contributed by atoms with E-state index in [1.165, 1.54) is 18.5 Å². The Bertz CT molecular complexity index is 560.